The van der Waals surface area contributed by atoms with Gasteiger partial charge in [-0.15, -0.1) is 0 Å². The fourth-order valence-electron chi connectivity index (χ4n) is 3.35. The number of morpholine rings is 1. The summed E-state index contributed by atoms with van der Waals surface area (Å²) < 4.78 is 8.96. The summed E-state index contributed by atoms with van der Waals surface area (Å²) in [5, 5.41) is 12.0. The van der Waals surface area contributed by atoms with Crippen molar-refractivity contribution in [3.8, 4) is 0 Å². The molecule has 1 aliphatic rings. The minimum absolute atomic E-state index is 0.0159. The fourth-order valence-corrected chi connectivity index (χ4v) is 4.24. The largest absolute Gasteiger partial charge is 0.370 e. The number of anilines is 1. The SMILES string of the molecule is CCNC(=NCCNc1nc2ccccc2s1)N1CCOC(c2cnn(C)c2)C1. The Labute approximate surface area is 174 Å². The van der Waals surface area contributed by atoms with Crippen molar-refractivity contribution in [2.75, 3.05) is 44.6 Å². The van der Waals surface area contributed by atoms with Crippen LogP contribution in [0.15, 0.2) is 41.7 Å². The van der Waals surface area contributed by atoms with Crippen molar-refractivity contribution < 1.29 is 4.74 Å². The summed E-state index contributed by atoms with van der Waals surface area (Å²) in [7, 11) is 1.92. The molecule has 0 saturated carbocycles. The highest BCUT2D eigenvalue weighted by Gasteiger charge is 2.25. The number of hydrogen-bond acceptors (Lipinski definition) is 6. The molecule has 3 heterocycles. The lowest BCUT2D eigenvalue weighted by molar-refractivity contribution is -0.00803. The maximum absolute atomic E-state index is 5.95. The molecule has 1 atom stereocenters. The first-order valence-electron chi connectivity index (χ1n) is 9.96. The van der Waals surface area contributed by atoms with Crippen LogP contribution in [0.4, 0.5) is 5.13 Å². The molecule has 2 aromatic heterocycles. The van der Waals surface area contributed by atoms with E-state index < -0.39 is 0 Å². The molecule has 9 heteroatoms. The van der Waals surface area contributed by atoms with E-state index in [9.17, 15) is 0 Å². The molecule has 0 bridgehead atoms. The van der Waals surface area contributed by atoms with Gasteiger partial charge in [-0.1, -0.05) is 23.5 Å². The molecule has 0 spiro atoms. The summed E-state index contributed by atoms with van der Waals surface area (Å²) in [5.41, 5.74) is 2.14. The molecule has 3 aromatic rings. The maximum Gasteiger partial charge on any atom is 0.194 e. The summed E-state index contributed by atoms with van der Waals surface area (Å²) in [6.07, 6.45) is 3.91. The molecule has 1 saturated heterocycles. The number of benzene rings is 1. The first kappa shape index (κ1) is 19.7. The van der Waals surface area contributed by atoms with Crippen LogP contribution in [0.2, 0.25) is 0 Å². The summed E-state index contributed by atoms with van der Waals surface area (Å²) in [6, 6.07) is 8.19. The average molecular weight is 414 g/mol. The highest BCUT2D eigenvalue weighted by Crippen LogP contribution is 2.25. The van der Waals surface area contributed by atoms with Crippen LogP contribution in [0.3, 0.4) is 0 Å². The molecular weight excluding hydrogens is 386 g/mol. The first-order chi connectivity index (χ1) is 14.2. The number of fused-ring (bicyclic) bond motifs is 1. The molecule has 1 fully saturated rings. The van der Waals surface area contributed by atoms with Crippen molar-refractivity contribution in [3.63, 3.8) is 0 Å². The van der Waals surface area contributed by atoms with E-state index in [0.717, 1.165) is 48.4 Å². The van der Waals surface area contributed by atoms with Gasteiger partial charge in [0.05, 0.1) is 36.1 Å². The number of ether oxygens (including phenoxy) is 1. The smallest absolute Gasteiger partial charge is 0.194 e. The van der Waals surface area contributed by atoms with Crippen LogP contribution in [0.1, 0.15) is 18.6 Å². The van der Waals surface area contributed by atoms with Crippen LogP contribution in [0, 0.1) is 0 Å². The second-order valence-electron chi connectivity index (χ2n) is 6.90. The summed E-state index contributed by atoms with van der Waals surface area (Å²) in [4.78, 5) is 11.7. The van der Waals surface area contributed by atoms with E-state index in [1.807, 2.05) is 42.3 Å². The third-order valence-electron chi connectivity index (χ3n) is 4.74. The zero-order valence-corrected chi connectivity index (χ0v) is 17.7. The standard InChI is InChI=1S/C20H27N7OS/c1-3-21-19(27-10-11-28-17(14-27)15-12-24-26(2)13-15)22-8-9-23-20-25-16-6-4-5-7-18(16)29-20/h4-7,12-13,17H,3,8-11,14H2,1-2H3,(H,21,22)(H,23,25). The number of aryl methyl sites for hydroxylation is 1. The van der Waals surface area contributed by atoms with Crippen molar-refractivity contribution in [2.45, 2.75) is 13.0 Å². The van der Waals surface area contributed by atoms with Crippen LogP contribution >= 0.6 is 11.3 Å². The van der Waals surface area contributed by atoms with Gasteiger partial charge in [0.2, 0.25) is 0 Å². The molecule has 154 valence electrons. The average Bonchev–Trinajstić information content (AvgIpc) is 3.36. The Hall–Kier alpha value is -2.65. The number of aromatic nitrogens is 3. The highest BCUT2D eigenvalue weighted by atomic mass is 32.1. The molecule has 29 heavy (non-hydrogen) atoms. The lowest BCUT2D eigenvalue weighted by atomic mass is 10.1. The van der Waals surface area contributed by atoms with Gasteiger partial charge in [0.1, 0.15) is 6.10 Å². The topological polar surface area (TPSA) is 79.6 Å². The van der Waals surface area contributed by atoms with Crippen LogP contribution < -0.4 is 10.6 Å². The minimum Gasteiger partial charge on any atom is -0.370 e. The maximum atomic E-state index is 5.95. The van der Waals surface area contributed by atoms with Crippen LogP contribution in [-0.4, -0.2) is 65.0 Å². The Morgan fingerprint density at radius 3 is 3.07 bits per heavy atom. The quantitative estimate of drug-likeness (QED) is 0.367. The predicted molar refractivity (Wildman–Crippen MR) is 118 cm³/mol. The number of guanidine groups is 1. The molecule has 1 aromatic carbocycles. The summed E-state index contributed by atoms with van der Waals surface area (Å²) in [6.45, 7) is 6.61. The van der Waals surface area contributed by atoms with Gasteiger partial charge in [-0.05, 0) is 19.1 Å². The Bertz CT molecular complexity index is 934. The summed E-state index contributed by atoms with van der Waals surface area (Å²) in [5.74, 6) is 0.927. The number of aliphatic imine (C=N–C) groups is 1. The Morgan fingerprint density at radius 1 is 1.38 bits per heavy atom. The molecule has 0 aliphatic carbocycles. The predicted octanol–water partition coefficient (Wildman–Crippen LogP) is 2.48. The molecule has 1 unspecified atom stereocenters. The van der Waals surface area contributed by atoms with Gasteiger partial charge >= 0.3 is 0 Å². The van der Waals surface area contributed by atoms with E-state index in [1.54, 1.807) is 11.3 Å². The lowest BCUT2D eigenvalue weighted by Crippen LogP contribution is -2.48. The number of thiazole rings is 1. The van der Waals surface area contributed by atoms with Crippen LogP contribution in [0.25, 0.3) is 10.2 Å². The fraction of sp³-hybridized carbons (Fsp3) is 0.450. The number of nitrogens with one attached hydrogen (secondary N) is 2. The second-order valence-corrected chi connectivity index (χ2v) is 7.93. The molecule has 1 aliphatic heterocycles. The van der Waals surface area contributed by atoms with Crippen molar-refractivity contribution in [1.82, 2.24) is 25.0 Å². The van der Waals surface area contributed by atoms with E-state index in [1.165, 1.54) is 4.70 Å². The Kier molecular flexibility index (Phi) is 6.26. The van der Waals surface area contributed by atoms with Crippen molar-refractivity contribution in [1.29, 1.82) is 0 Å². The van der Waals surface area contributed by atoms with Crippen LogP contribution in [-0.2, 0) is 11.8 Å². The Balaban J connectivity index is 1.35. The van der Waals surface area contributed by atoms with Gasteiger partial charge in [0.15, 0.2) is 11.1 Å². The van der Waals surface area contributed by atoms with Gasteiger partial charge in [0, 0.05) is 38.4 Å². The van der Waals surface area contributed by atoms with E-state index in [4.69, 9.17) is 9.73 Å². The number of rotatable bonds is 6. The van der Waals surface area contributed by atoms with Crippen molar-refractivity contribution in [3.05, 3.63) is 42.2 Å². The third kappa shape index (κ3) is 4.86. The van der Waals surface area contributed by atoms with E-state index >= 15 is 0 Å². The molecule has 4 rings (SSSR count). The minimum atomic E-state index is 0.0159. The van der Waals surface area contributed by atoms with Crippen LogP contribution in [0.5, 0.6) is 0 Å². The van der Waals surface area contributed by atoms with Gasteiger partial charge in [0.25, 0.3) is 0 Å². The van der Waals surface area contributed by atoms with Gasteiger partial charge in [-0.2, -0.15) is 5.10 Å². The first-order valence-corrected chi connectivity index (χ1v) is 10.8. The Morgan fingerprint density at radius 2 is 2.28 bits per heavy atom. The van der Waals surface area contributed by atoms with E-state index in [2.05, 4.69) is 38.6 Å². The lowest BCUT2D eigenvalue weighted by Gasteiger charge is -2.34. The monoisotopic (exact) mass is 413 g/mol. The molecule has 0 amide bonds. The molecule has 8 nitrogen and oxygen atoms in total. The van der Waals surface area contributed by atoms with Gasteiger partial charge in [-0.3, -0.25) is 9.67 Å². The van der Waals surface area contributed by atoms with E-state index in [0.29, 0.717) is 13.2 Å². The molecular formula is C20H27N7OS. The second kappa shape index (κ2) is 9.23. The number of nitrogens with zero attached hydrogens (tertiary/aromatic N) is 5. The normalized spacial score (nSPS) is 17.7. The number of para-hydroxylation sites is 1. The summed E-state index contributed by atoms with van der Waals surface area (Å²) >= 11 is 1.67. The van der Waals surface area contributed by atoms with Gasteiger partial charge in [-0.25, -0.2) is 4.98 Å². The highest BCUT2D eigenvalue weighted by molar-refractivity contribution is 7.22. The zero-order chi connectivity index (χ0) is 20.1. The van der Waals surface area contributed by atoms with E-state index in [-0.39, 0.29) is 6.10 Å². The number of hydrogen-bond donors (Lipinski definition) is 2. The molecule has 0 radical (unpaired) electrons. The van der Waals surface area contributed by atoms with Crippen molar-refractivity contribution in [2.24, 2.45) is 12.0 Å². The van der Waals surface area contributed by atoms with Gasteiger partial charge < -0.3 is 20.3 Å². The third-order valence-corrected chi connectivity index (χ3v) is 5.74. The zero-order valence-electron chi connectivity index (χ0n) is 16.8. The molecule has 2 N–H and O–H groups in total. The van der Waals surface area contributed by atoms with Crippen molar-refractivity contribution >= 4 is 32.6 Å².